The first kappa shape index (κ1) is 13.3. The second kappa shape index (κ2) is 4.59. The van der Waals surface area contributed by atoms with Crippen LogP contribution in [-0.2, 0) is 0 Å². The molecule has 1 heterocycles. The van der Waals surface area contributed by atoms with Crippen LogP contribution in [0.5, 0.6) is 0 Å². The first-order valence-electron chi connectivity index (χ1n) is 3.82. The fraction of sp³-hybridized carbons (Fsp3) is 0.500. The largest absolute Gasteiger partial charge is 0.328 e. The minimum absolute atomic E-state index is 0.0336. The van der Waals surface area contributed by atoms with Crippen molar-refractivity contribution < 1.29 is 17.6 Å². The fourth-order valence-corrected chi connectivity index (χ4v) is 2.80. The van der Waals surface area contributed by atoms with Crippen molar-refractivity contribution >= 4 is 38.9 Å². The van der Waals surface area contributed by atoms with Gasteiger partial charge >= 0.3 is 12.3 Å². The minimum atomic E-state index is -4.21. The third-order valence-corrected chi connectivity index (χ3v) is 4.61. The molecule has 0 aliphatic carbocycles. The van der Waals surface area contributed by atoms with Crippen molar-refractivity contribution in [1.82, 2.24) is 0 Å². The summed E-state index contributed by atoms with van der Waals surface area (Å²) in [6, 6.07) is 1.38. The molecule has 0 nitrogen and oxygen atoms in total. The van der Waals surface area contributed by atoms with Gasteiger partial charge in [-0.1, -0.05) is 0 Å². The van der Waals surface area contributed by atoms with Crippen LogP contribution >= 0.6 is 38.9 Å². The quantitative estimate of drug-likeness (QED) is 0.542. The van der Waals surface area contributed by atoms with Crippen LogP contribution in [0, 0.1) is 6.92 Å². The molecule has 0 aromatic carbocycles. The molecule has 0 spiro atoms. The lowest BCUT2D eigenvalue weighted by atomic mass is 10.2. The molecule has 0 amide bonds. The molecule has 1 aromatic heterocycles. The Balaban J connectivity index is 2.99. The summed E-state index contributed by atoms with van der Waals surface area (Å²) in [6.07, 6.45) is -3.76. The van der Waals surface area contributed by atoms with Crippen LogP contribution in [0.15, 0.2) is 9.85 Å². The molecule has 7 heteroatoms. The summed E-state index contributed by atoms with van der Waals surface area (Å²) in [5.41, 5.74) is 0.700. The van der Waals surface area contributed by atoms with Crippen LogP contribution in [0.2, 0.25) is 0 Å². The molecule has 1 rings (SSSR count). The molecule has 1 atom stereocenters. The highest BCUT2D eigenvalue weighted by Crippen LogP contribution is 2.45. The normalized spacial score (nSPS) is 14.7. The molecule has 0 N–H and O–H groups in total. The Bertz CT molecular complexity index is 333. The Morgan fingerprint density at radius 3 is 2.33 bits per heavy atom. The van der Waals surface area contributed by atoms with Gasteiger partial charge in [0.2, 0.25) is 0 Å². The maximum Gasteiger partial charge on any atom is 0.328 e. The topological polar surface area (TPSA) is 0 Å². The zero-order valence-corrected chi connectivity index (χ0v) is 10.6. The van der Waals surface area contributed by atoms with Crippen LogP contribution in [0.1, 0.15) is 15.8 Å². The number of halogens is 6. The van der Waals surface area contributed by atoms with E-state index >= 15 is 0 Å². The summed E-state index contributed by atoms with van der Waals surface area (Å²) in [4.78, 5) is 0.0336. The highest BCUT2D eigenvalue weighted by molar-refractivity contribution is 9.11. The van der Waals surface area contributed by atoms with E-state index in [4.69, 9.17) is 11.6 Å². The lowest BCUT2D eigenvalue weighted by molar-refractivity contribution is -0.130. The van der Waals surface area contributed by atoms with E-state index in [0.29, 0.717) is 9.35 Å². The molecule has 0 aliphatic rings. The average Bonchev–Trinajstić information content (AvgIpc) is 2.45. The Hall–Kier alpha value is 0.190. The summed E-state index contributed by atoms with van der Waals surface area (Å²) < 4.78 is 50.4. The summed E-state index contributed by atoms with van der Waals surface area (Å²) in [5, 5.41) is -1.99. The van der Waals surface area contributed by atoms with Crippen LogP contribution in [0.3, 0.4) is 0 Å². The number of aryl methyl sites for hydroxylation is 1. The molecule has 0 aliphatic heterocycles. The zero-order valence-electron chi connectivity index (χ0n) is 7.41. The Labute approximate surface area is 101 Å². The van der Waals surface area contributed by atoms with Crippen molar-refractivity contribution in [2.45, 2.75) is 24.6 Å². The van der Waals surface area contributed by atoms with Crippen molar-refractivity contribution in [3.05, 3.63) is 20.3 Å². The standard InChI is InChI=1S/C8H6BrClF4S/c1-3-2-4(15-6(3)9)5(10)8(13,14)7(11)12/h2,5,7H,1H3. The van der Waals surface area contributed by atoms with Gasteiger partial charge in [0.15, 0.2) is 0 Å². The highest BCUT2D eigenvalue weighted by atomic mass is 79.9. The summed E-state index contributed by atoms with van der Waals surface area (Å²) in [5.74, 6) is -4.21. The van der Waals surface area contributed by atoms with E-state index in [2.05, 4.69) is 15.9 Å². The van der Waals surface area contributed by atoms with Gasteiger partial charge < -0.3 is 0 Å². The second-order valence-corrected chi connectivity index (χ2v) is 5.78. The van der Waals surface area contributed by atoms with E-state index in [1.54, 1.807) is 6.92 Å². The van der Waals surface area contributed by atoms with Crippen molar-refractivity contribution in [3.8, 4) is 0 Å². The number of hydrogen-bond donors (Lipinski definition) is 0. The second-order valence-electron chi connectivity index (χ2n) is 2.94. The average molecular weight is 326 g/mol. The number of rotatable bonds is 3. The first-order valence-corrected chi connectivity index (χ1v) is 5.87. The van der Waals surface area contributed by atoms with Crippen molar-refractivity contribution in [2.24, 2.45) is 0 Å². The molecular formula is C8H6BrClF4S. The molecule has 86 valence electrons. The molecule has 1 unspecified atom stereocenters. The van der Waals surface area contributed by atoms with Crippen molar-refractivity contribution in [3.63, 3.8) is 0 Å². The molecule has 15 heavy (non-hydrogen) atoms. The van der Waals surface area contributed by atoms with Crippen LogP contribution < -0.4 is 0 Å². The number of alkyl halides is 5. The van der Waals surface area contributed by atoms with E-state index in [1.165, 1.54) is 6.07 Å². The van der Waals surface area contributed by atoms with Gasteiger partial charge in [-0.2, -0.15) is 8.78 Å². The van der Waals surface area contributed by atoms with Gasteiger partial charge in [0, 0.05) is 4.88 Å². The molecule has 0 saturated carbocycles. The fourth-order valence-electron chi connectivity index (χ4n) is 0.909. The van der Waals surface area contributed by atoms with Gasteiger partial charge in [0.1, 0.15) is 5.38 Å². The van der Waals surface area contributed by atoms with E-state index in [0.717, 1.165) is 11.3 Å². The van der Waals surface area contributed by atoms with Gasteiger partial charge in [-0.25, -0.2) is 8.78 Å². The zero-order chi connectivity index (χ0) is 11.8. The predicted molar refractivity (Wildman–Crippen MR) is 56.3 cm³/mol. The van der Waals surface area contributed by atoms with Gasteiger partial charge in [-0.05, 0) is 34.5 Å². The third kappa shape index (κ3) is 2.65. The summed E-state index contributed by atoms with van der Waals surface area (Å²) >= 11 is 9.39. The van der Waals surface area contributed by atoms with E-state index in [9.17, 15) is 17.6 Å². The third-order valence-electron chi connectivity index (χ3n) is 1.75. The molecule has 1 aromatic rings. The van der Waals surface area contributed by atoms with Gasteiger partial charge in [0.25, 0.3) is 0 Å². The lowest BCUT2D eigenvalue weighted by Crippen LogP contribution is -2.31. The summed E-state index contributed by atoms with van der Waals surface area (Å²) in [6.45, 7) is 1.67. The maximum absolute atomic E-state index is 12.9. The van der Waals surface area contributed by atoms with Crippen molar-refractivity contribution in [2.75, 3.05) is 0 Å². The Kier molecular flexibility index (Phi) is 4.06. The molecular weight excluding hydrogens is 320 g/mol. The number of hydrogen-bond acceptors (Lipinski definition) is 1. The Morgan fingerprint density at radius 1 is 1.47 bits per heavy atom. The van der Waals surface area contributed by atoms with Crippen LogP contribution in [-0.4, -0.2) is 12.3 Å². The first-order chi connectivity index (χ1) is 6.76. The van der Waals surface area contributed by atoms with Crippen LogP contribution in [0.25, 0.3) is 0 Å². The van der Waals surface area contributed by atoms with E-state index in [1.807, 2.05) is 0 Å². The smallest absolute Gasteiger partial charge is 0.204 e. The van der Waals surface area contributed by atoms with Gasteiger partial charge in [-0.15, -0.1) is 22.9 Å². The SMILES string of the molecule is Cc1cc(C(Cl)C(F)(F)C(F)F)sc1Br. The number of thiophene rings is 1. The molecule has 0 bridgehead atoms. The molecule has 0 radical (unpaired) electrons. The summed E-state index contributed by atoms with van der Waals surface area (Å²) in [7, 11) is 0. The molecule has 0 saturated heterocycles. The van der Waals surface area contributed by atoms with Gasteiger partial charge in [0.05, 0.1) is 3.79 Å². The predicted octanol–water partition coefficient (Wildman–Crippen LogP) is 5.00. The maximum atomic E-state index is 12.9. The van der Waals surface area contributed by atoms with Gasteiger partial charge in [-0.3, -0.25) is 0 Å². The lowest BCUT2D eigenvalue weighted by Gasteiger charge is -2.19. The van der Waals surface area contributed by atoms with E-state index < -0.39 is 17.7 Å². The van der Waals surface area contributed by atoms with Crippen LogP contribution in [0.4, 0.5) is 17.6 Å². The van der Waals surface area contributed by atoms with E-state index in [-0.39, 0.29) is 4.88 Å². The molecule has 0 fully saturated rings. The minimum Gasteiger partial charge on any atom is -0.204 e. The monoisotopic (exact) mass is 324 g/mol. The highest BCUT2D eigenvalue weighted by Gasteiger charge is 2.49. The Morgan fingerprint density at radius 2 is 2.00 bits per heavy atom. The van der Waals surface area contributed by atoms with Crippen molar-refractivity contribution in [1.29, 1.82) is 0 Å².